The number of nitrogens with one attached hydrogen (secondary N) is 1. The summed E-state index contributed by atoms with van der Waals surface area (Å²) in [6.07, 6.45) is 21.8. The average Bonchev–Trinajstić information content (AvgIpc) is 2.63. The van der Waals surface area contributed by atoms with Crippen LogP contribution in [0, 0.1) is 0 Å². The fourth-order valence-electron chi connectivity index (χ4n) is 3.12. The van der Waals surface area contributed by atoms with E-state index in [4.69, 9.17) is 11.5 Å². The van der Waals surface area contributed by atoms with E-state index in [9.17, 15) is 4.79 Å². The summed E-state index contributed by atoms with van der Waals surface area (Å²) in [4.78, 5) is 11.4. The number of hydrogen-bond donors (Lipinski definition) is 3. The third-order valence-corrected chi connectivity index (χ3v) is 4.92. The van der Waals surface area contributed by atoms with Gasteiger partial charge in [0.15, 0.2) is 0 Å². The standard InChI is InChI=1S/C21H45N3O/c1-2-3-4-5-6-7-8-9-10-11-12-13-14-15-16-17-18-24-21(25)20(23)19-22/h20H,2-19,22-23H2,1H3,(H,24,25). The van der Waals surface area contributed by atoms with Crippen LogP contribution in [0.5, 0.6) is 0 Å². The highest BCUT2D eigenvalue weighted by Crippen LogP contribution is 2.13. The van der Waals surface area contributed by atoms with Crippen LogP contribution in [0.1, 0.15) is 110 Å². The van der Waals surface area contributed by atoms with Gasteiger partial charge in [0.1, 0.15) is 0 Å². The maximum Gasteiger partial charge on any atom is 0.238 e. The number of unbranched alkanes of at least 4 members (excludes halogenated alkanes) is 15. The Kier molecular flexibility index (Phi) is 19.2. The first-order valence-electron chi connectivity index (χ1n) is 11.0. The van der Waals surface area contributed by atoms with Crippen LogP contribution in [0.2, 0.25) is 0 Å². The molecular weight excluding hydrogens is 310 g/mol. The second kappa shape index (κ2) is 19.7. The third kappa shape index (κ3) is 18.0. The van der Waals surface area contributed by atoms with Crippen LogP contribution in [0.3, 0.4) is 0 Å². The van der Waals surface area contributed by atoms with Crippen LogP contribution in [-0.2, 0) is 4.79 Å². The molecule has 0 aromatic carbocycles. The lowest BCUT2D eigenvalue weighted by Gasteiger charge is -2.09. The third-order valence-electron chi connectivity index (χ3n) is 4.92. The van der Waals surface area contributed by atoms with Gasteiger partial charge in [-0.25, -0.2) is 0 Å². The first kappa shape index (κ1) is 24.4. The minimum absolute atomic E-state index is 0.122. The fourth-order valence-corrected chi connectivity index (χ4v) is 3.12. The lowest BCUT2D eigenvalue weighted by Crippen LogP contribution is -2.45. The van der Waals surface area contributed by atoms with Gasteiger partial charge >= 0.3 is 0 Å². The van der Waals surface area contributed by atoms with E-state index in [2.05, 4.69) is 12.2 Å². The molecule has 4 heteroatoms. The molecule has 0 rings (SSSR count). The van der Waals surface area contributed by atoms with Gasteiger partial charge in [-0.3, -0.25) is 4.79 Å². The number of carbonyl (C=O) groups is 1. The number of carbonyl (C=O) groups excluding carboxylic acids is 1. The molecule has 4 nitrogen and oxygen atoms in total. The number of hydrogen-bond acceptors (Lipinski definition) is 3. The molecule has 150 valence electrons. The summed E-state index contributed by atoms with van der Waals surface area (Å²) >= 11 is 0. The molecule has 0 heterocycles. The Labute approximate surface area is 156 Å². The van der Waals surface area contributed by atoms with E-state index in [0.29, 0.717) is 0 Å². The molecule has 1 unspecified atom stereocenters. The zero-order chi connectivity index (χ0) is 18.6. The van der Waals surface area contributed by atoms with Crippen molar-refractivity contribution in [1.82, 2.24) is 5.32 Å². The van der Waals surface area contributed by atoms with Crippen LogP contribution in [0.25, 0.3) is 0 Å². The summed E-state index contributed by atoms with van der Waals surface area (Å²) in [7, 11) is 0. The molecule has 0 saturated heterocycles. The molecule has 1 atom stereocenters. The summed E-state index contributed by atoms with van der Waals surface area (Å²) < 4.78 is 0. The van der Waals surface area contributed by atoms with E-state index >= 15 is 0 Å². The van der Waals surface area contributed by atoms with E-state index in [1.54, 1.807) is 0 Å². The zero-order valence-electron chi connectivity index (χ0n) is 16.9. The van der Waals surface area contributed by atoms with Gasteiger partial charge in [0.05, 0.1) is 6.04 Å². The van der Waals surface area contributed by atoms with Crippen molar-refractivity contribution in [3.05, 3.63) is 0 Å². The van der Waals surface area contributed by atoms with E-state index < -0.39 is 6.04 Å². The van der Waals surface area contributed by atoms with E-state index in [1.165, 1.54) is 96.3 Å². The Morgan fingerprint density at radius 2 is 1.08 bits per heavy atom. The Morgan fingerprint density at radius 3 is 1.44 bits per heavy atom. The summed E-state index contributed by atoms with van der Waals surface area (Å²) in [5, 5.41) is 2.84. The molecule has 0 bridgehead atoms. The first-order chi connectivity index (χ1) is 12.2. The highest BCUT2D eigenvalue weighted by molar-refractivity contribution is 5.81. The predicted molar refractivity (Wildman–Crippen MR) is 110 cm³/mol. The highest BCUT2D eigenvalue weighted by atomic mass is 16.2. The maximum atomic E-state index is 11.4. The highest BCUT2D eigenvalue weighted by Gasteiger charge is 2.09. The van der Waals surface area contributed by atoms with Gasteiger partial charge in [0.25, 0.3) is 0 Å². The molecule has 1 amide bonds. The Bertz CT molecular complexity index is 284. The maximum absolute atomic E-state index is 11.4. The van der Waals surface area contributed by atoms with Crippen molar-refractivity contribution in [2.24, 2.45) is 11.5 Å². The van der Waals surface area contributed by atoms with Crippen molar-refractivity contribution in [3.63, 3.8) is 0 Å². The molecule has 0 aliphatic carbocycles. The topological polar surface area (TPSA) is 81.1 Å². The quantitative estimate of drug-likeness (QED) is 0.295. The SMILES string of the molecule is CCCCCCCCCCCCCCCCCCNC(=O)C(N)CN. The van der Waals surface area contributed by atoms with Crippen molar-refractivity contribution in [2.45, 2.75) is 116 Å². The smallest absolute Gasteiger partial charge is 0.238 e. The van der Waals surface area contributed by atoms with Gasteiger partial charge < -0.3 is 16.8 Å². The Morgan fingerprint density at radius 1 is 0.720 bits per heavy atom. The van der Waals surface area contributed by atoms with E-state index in [1.807, 2.05) is 0 Å². The van der Waals surface area contributed by atoms with Crippen molar-refractivity contribution < 1.29 is 4.79 Å². The van der Waals surface area contributed by atoms with Crippen LogP contribution in [0.15, 0.2) is 0 Å². The van der Waals surface area contributed by atoms with Crippen molar-refractivity contribution >= 4 is 5.91 Å². The molecule has 0 saturated carbocycles. The van der Waals surface area contributed by atoms with E-state index in [-0.39, 0.29) is 12.5 Å². The number of amides is 1. The number of rotatable bonds is 19. The molecule has 0 spiro atoms. The van der Waals surface area contributed by atoms with Gasteiger partial charge in [-0.1, -0.05) is 103 Å². The second-order valence-electron chi connectivity index (χ2n) is 7.44. The zero-order valence-corrected chi connectivity index (χ0v) is 16.9. The van der Waals surface area contributed by atoms with Gasteiger partial charge in [-0.05, 0) is 6.42 Å². The minimum Gasteiger partial charge on any atom is -0.355 e. The Balaban J connectivity index is 3.08. The summed E-state index contributed by atoms with van der Waals surface area (Å²) in [6.45, 7) is 3.22. The molecule has 0 fully saturated rings. The molecule has 0 aromatic heterocycles. The van der Waals surface area contributed by atoms with Crippen LogP contribution in [0.4, 0.5) is 0 Å². The molecular formula is C21H45N3O. The largest absolute Gasteiger partial charge is 0.355 e. The monoisotopic (exact) mass is 355 g/mol. The molecule has 0 aliphatic rings. The first-order valence-corrected chi connectivity index (χ1v) is 11.0. The average molecular weight is 356 g/mol. The summed E-state index contributed by atoms with van der Waals surface area (Å²) in [5.41, 5.74) is 10.9. The second-order valence-corrected chi connectivity index (χ2v) is 7.44. The van der Waals surface area contributed by atoms with Crippen molar-refractivity contribution in [1.29, 1.82) is 0 Å². The predicted octanol–water partition coefficient (Wildman–Crippen LogP) is 4.65. The van der Waals surface area contributed by atoms with Gasteiger partial charge in [-0.2, -0.15) is 0 Å². The van der Waals surface area contributed by atoms with Crippen molar-refractivity contribution in [3.8, 4) is 0 Å². The molecule has 0 radical (unpaired) electrons. The Hall–Kier alpha value is -0.610. The van der Waals surface area contributed by atoms with Crippen LogP contribution < -0.4 is 16.8 Å². The molecule has 0 aliphatic heterocycles. The number of nitrogens with two attached hydrogens (primary N) is 2. The van der Waals surface area contributed by atoms with Crippen molar-refractivity contribution in [2.75, 3.05) is 13.1 Å². The summed E-state index contributed by atoms with van der Waals surface area (Å²) in [6, 6.07) is -0.555. The van der Waals surface area contributed by atoms with Crippen LogP contribution >= 0.6 is 0 Å². The van der Waals surface area contributed by atoms with Gasteiger partial charge in [0.2, 0.25) is 5.91 Å². The van der Waals surface area contributed by atoms with Crippen LogP contribution in [-0.4, -0.2) is 25.0 Å². The lowest BCUT2D eigenvalue weighted by molar-refractivity contribution is -0.122. The lowest BCUT2D eigenvalue weighted by atomic mass is 10.0. The fraction of sp³-hybridized carbons (Fsp3) is 0.952. The molecule has 0 aromatic rings. The molecule has 25 heavy (non-hydrogen) atoms. The van der Waals surface area contributed by atoms with Gasteiger partial charge in [-0.15, -0.1) is 0 Å². The minimum atomic E-state index is -0.555. The van der Waals surface area contributed by atoms with E-state index in [0.717, 1.165) is 13.0 Å². The summed E-state index contributed by atoms with van der Waals surface area (Å²) in [5.74, 6) is -0.122. The van der Waals surface area contributed by atoms with Gasteiger partial charge in [0, 0.05) is 13.1 Å². The normalized spacial score (nSPS) is 12.3. The molecule has 5 N–H and O–H groups in total.